The molecule has 0 aromatic heterocycles. The summed E-state index contributed by atoms with van der Waals surface area (Å²) in [5.41, 5.74) is 2.29. The average Bonchev–Trinajstić information content (AvgIpc) is 3.30. The van der Waals surface area contributed by atoms with Crippen LogP contribution in [0.25, 0.3) is 0 Å². The van der Waals surface area contributed by atoms with Gasteiger partial charge < -0.3 is 9.64 Å². The topological polar surface area (TPSA) is 70.2 Å². The van der Waals surface area contributed by atoms with Gasteiger partial charge in [0.05, 0.1) is 18.0 Å². The van der Waals surface area contributed by atoms with E-state index in [2.05, 4.69) is 4.90 Å². The molecule has 0 bridgehead atoms. The van der Waals surface area contributed by atoms with Gasteiger partial charge in [0.2, 0.25) is 10.0 Å². The number of hydrogen-bond acceptors (Lipinski definition) is 5. The smallest absolute Gasteiger partial charge is 0.253 e. The van der Waals surface area contributed by atoms with Crippen molar-refractivity contribution >= 4 is 21.6 Å². The number of carbonyl (C=O) groups is 1. The summed E-state index contributed by atoms with van der Waals surface area (Å²) >= 11 is 0. The molecule has 0 spiro atoms. The molecule has 0 saturated carbocycles. The summed E-state index contributed by atoms with van der Waals surface area (Å²) in [5.74, 6) is 0.0346. The lowest BCUT2D eigenvalue weighted by Crippen LogP contribution is -2.50. The van der Waals surface area contributed by atoms with Crippen molar-refractivity contribution in [1.29, 1.82) is 0 Å². The van der Waals surface area contributed by atoms with Crippen LogP contribution in [0.15, 0.2) is 18.2 Å². The van der Waals surface area contributed by atoms with Crippen LogP contribution in [-0.2, 0) is 21.2 Å². The predicted molar refractivity (Wildman–Crippen MR) is 104 cm³/mol. The molecule has 1 aromatic carbocycles. The summed E-state index contributed by atoms with van der Waals surface area (Å²) in [6.45, 7) is 5.47. The Balaban J connectivity index is 1.38. The largest absolute Gasteiger partial charge is 0.377 e. The molecule has 1 unspecified atom stereocenters. The number of anilines is 1. The molecule has 2 fully saturated rings. The van der Waals surface area contributed by atoms with Crippen molar-refractivity contribution in [3.63, 3.8) is 0 Å². The molecule has 27 heavy (non-hydrogen) atoms. The third-order valence-electron chi connectivity index (χ3n) is 5.73. The summed E-state index contributed by atoms with van der Waals surface area (Å²) in [6.07, 6.45) is 4.51. The number of sulfonamides is 1. The van der Waals surface area contributed by atoms with Gasteiger partial charge >= 0.3 is 0 Å². The zero-order valence-corrected chi connectivity index (χ0v) is 16.6. The van der Waals surface area contributed by atoms with Gasteiger partial charge in [0, 0.05) is 51.4 Å². The van der Waals surface area contributed by atoms with Gasteiger partial charge in [-0.1, -0.05) is 0 Å². The summed E-state index contributed by atoms with van der Waals surface area (Å²) in [7, 11) is -3.26. The van der Waals surface area contributed by atoms with Gasteiger partial charge in [-0.25, -0.2) is 8.42 Å². The van der Waals surface area contributed by atoms with Crippen LogP contribution in [0, 0.1) is 0 Å². The summed E-state index contributed by atoms with van der Waals surface area (Å²) in [4.78, 5) is 17.2. The van der Waals surface area contributed by atoms with Crippen LogP contribution in [0.1, 0.15) is 28.8 Å². The number of benzene rings is 1. The van der Waals surface area contributed by atoms with Crippen molar-refractivity contribution in [2.24, 2.45) is 0 Å². The second-order valence-corrected chi connectivity index (χ2v) is 9.56. The number of fused-ring (bicyclic) bond motifs is 1. The van der Waals surface area contributed by atoms with Gasteiger partial charge in [-0.2, -0.15) is 0 Å². The Labute approximate surface area is 160 Å². The monoisotopic (exact) mass is 393 g/mol. The van der Waals surface area contributed by atoms with Crippen LogP contribution in [-0.4, -0.2) is 82.4 Å². The maximum Gasteiger partial charge on any atom is 0.253 e. The molecule has 7 nitrogen and oxygen atoms in total. The Hall–Kier alpha value is -1.64. The first-order chi connectivity index (χ1) is 12.9. The fourth-order valence-corrected chi connectivity index (χ4v) is 5.20. The van der Waals surface area contributed by atoms with Gasteiger partial charge in [0.1, 0.15) is 0 Å². The van der Waals surface area contributed by atoms with Crippen LogP contribution in [0.3, 0.4) is 0 Å². The SMILES string of the molecule is CS(=O)(=O)N1CCc2cc(C(=O)N3CCN(CC4CCCO4)CC3)ccc21. The minimum absolute atomic E-state index is 0.0346. The lowest BCUT2D eigenvalue weighted by atomic mass is 10.1. The molecule has 4 rings (SSSR count). The van der Waals surface area contributed by atoms with E-state index >= 15 is 0 Å². The highest BCUT2D eigenvalue weighted by atomic mass is 32.2. The fourth-order valence-electron chi connectivity index (χ4n) is 4.24. The summed E-state index contributed by atoms with van der Waals surface area (Å²) < 4.78 is 30.8. The zero-order valence-electron chi connectivity index (χ0n) is 15.8. The van der Waals surface area contributed by atoms with Crippen molar-refractivity contribution in [2.45, 2.75) is 25.4 Å². The van der Waals surface area contributed by atoms with Gasteiger partial charge in [0.25, 0.3) is 5.91 Å². The first-order valence-corrected chi connectivity index (χ1v) is 11.5. The van der Waals surface area contributed by atoms with Gasteiger partial charge in [-0.3, -0.25) is 14.0 Å². The Morgan fingerprint density at radius 1 is 1.19 bits per heavy atom. The van der Waals surface area contributed by atoms with E-state index in [1.807, 2.05) is 11.0 Å². The Morgan fingerprint density at radius 2 is 1.96 bits per heavy atom. The van der Waals surface area contributed by atoms with Crippen molar-refractivity contribution < 1.29 is 17.9 Å². The van der Waals surface area contributed by atoms with E-state index in [0.717, 1.165) is 57.7 Å². The highest BCUT2D eigenvalue weighted by Gasteiger charge is 2.29. The maximum atomic E-state index is 12.9. The van der Waals surface area contributed by atoms with Crippen LogP contribution in [0.5, 0.6) is 0 Å². The van der Waals surface area contributed by atoms with Crippen LogP contribution in [0.4, 0.5) is 5.69 Å². The normalized spacial score (nSPS) is 23.7. The van der Waals surface area contributed by atoms with Gasteiger partial charge in [-0.15, -0.1) is 0 Å². The van der Waals surface area contributed by atoms with E-state index in [4.69, 9.17) is 4.74 Å². The standard InChI is InChI=1S/C19H27N3O4S/c1-27(24,25)22-7-6-15-13-16(4-5-18(15)22)19(23)21-10-8-20(9-11-21)14-17-3-2-12-26-17/h4-5,13,17H,2-3,6-12,14H2,1H3. The Morgan fingerprint density at radius 3 is 2.63 bits per heavy atom. The van der Waals surface area contributed by atoms with Crippen LogP contribution < -0.4 is 4.31 Å². The quantitative estimate of drug-likeness (QED) is 0.762. The molecule has 3 aliphatic rings. The molecule has 2 saturated heterocycles. The minimum atomic E-state index is -3.26. The number of hydrogen-bond donors (Lipinski definition) is 0. The van der Waals surface area contributed by atoms with E-state index in [1.165, 1.54) is 10.6 Å². The van der Waals surface area contributed by atoms with Crippen LogP contribution >= 0.6 is 0 Å². The maximum absolute atomic E-state index is 12.9. The molecule has 1 aromatic rings. The second-order valence-electron chi connectivity index (χ2n) is 7.66. The molecule has 0 aliphatic carbocycles. The number of ether oxygens (including phenoxy) is 1. The summed E-state index contributed by atoms with van der Waals surface area (Å²) in [6, 6.07) is 5.38. The molecule has 148 valence electrons. The van der Waals surface area contributed by atoms with Crippen molar-refractivity contribution in [3.8, 4) is 0 Å². The molecular formula is C19H27N3O4S. The van der Waals surface area contributed by atoms with E-state index in [1.54, 1.807) is 12.1 Å². The predicted octanol–water partition coefficient (Wildman–Crippen LogP) is 0.946. The Kier molecular flexibility index (Phi) is 5.13. The molecular weight excluding hydrogens is 366 g/mol. The van der Waals surface area contributed by atoms with E-state index < -0.39 is 10.0 Å². The van der Waals surface area contributed by atoms with Gasteiger partial charge in [-0.05, 0) is 43.0 Å². The van der Waals surface area contributed by atoms with Gasteiger partial charge in [0.15, 0.2) is 0 Å². The number of piperazine rings is 1. The highest BCUT2D eigenvalue weighted by molar-refractivity contribution is 7.92. The van der Waals surface area contributed by atoms with Crippen molar-refractivity contribution in [2.75, 3.05) is 56.4 Å². The first-order valence-electron chi connectivity index (χ1n) is 9.66. The van der Waals surface area contributed by atoms with E-state index in [9.17, 15) is 13.2 Å². The van der Waals surface area contributed by atoms with Crippen molar-refractivity contribution in [1.82, 2.24) is 9.80 Å². The molecule has 3 heterocycles. The van der Waals surface area contributed by atoms with E-state index in [-0.39, 0.29) is 5.91 Å². The number of amides is 1. The van der Waals surface area contributed by atoms with Crippen LogP contribution in [0.2, 0.25) is 0 Å². The third kappa shape index (κ3) is 3.97. The highest BCUT2D eigenvalue weighted by Crippen LogP contribution is 2.31. The molecule has 8 heteroatoms. The third-order valence-corrected chi connectivity index (χ3v) is 6.90. The molecule has 1 atom stereocenters. The summed E-state index contributed by atoms with van der Waals surface area (Å²) in [5, 5.41) is 0. The zero-order chi connectivity index (χ0) is 19.0. The molecule has 0 radical (unpaired) electrons. The number of carbonyl (C=O) groups excluding carboxylic acids is 1. The number of rotatable bonds is 4. The Bertz CT molecular complexity index is 812. The minimum Gasteiger partial charge on any atom is -0.377 e. The molecule has 1 amide bonds. The molecule has 0 N–H and O–H groups in total. The average molecular weight is 394 g/mol. The van der Waals surface area contributed by atoms with Crippen molar-refractivity contribution in [3.05, 3.63) is 29.3 Å². The lowest BCUT2D eigenvalue weighted by molar-refractivity contribution is 0.0432. The second kappa shape index (κ2) is 7.41. The number of nitrogens with zero attached hydrogens (tertiary/aromatic N) is 3. The first kappa shape index (κ1) is 18.7. The van der Waals surface area contributed by atoms with E-state index in [0.29, 0.717) is 30.3 Å². The fraction of sp³-hybridized carbons (Fsp3) is 0.632. The lowest BCUT2D eigenvalue weighted by Gasteiger charge is -2.35. The molecule has 3 aliphatic heterocycles.